The SMILES string of the molecule is CC.CC1(C)SSC(c2ccccc2)C1O. The Hall–Kier alpha value is -0.120. The van der Waals surface area contributed by atoms with Gasteiger partial charge in [0.2, 0.25) is 0 Å². The molecule has 2 rings (SSSR count). The molecule has 2 unspecified atom stereocenters. The van der Waals surface area contributed by atoms with Crippen molar-refractivity contribution in [2.24, 2.45) is 0 Å². The average molecular weight is 256 g/mol. The lowest BCUT2D eigenvalue weighted by Crippen LogP contribution is -2.31. The quantitative estimate of drug-likeness (QED) is 0.757. The van der Waals surface area contributed by atoms with Gasteiger partial charge < -0.3 is 5.11 Å². The molecule has 90 valence electrons. The Balaban J connectivity index is 0.000000606. The van der Waals surface area contributed by atoms with Crippen molar-refractivity contribution in [3.05, 3.63) is 35.9 Å². The van der Waals surface area contributed by atoms with Crippen LogP contribution in [0.2, 0.25) is 0 Å². The van der Waals surface area contributed by atoms with Crippen molar-refractivity contribution < 1.29 is 5.11 Å². The Morgan fingerprint density at radius 3 is 2.12 bits per heavy atom. The fraction of sp³-hybridized carbons (Fsp3) is 0.538. The molecule has 1 N–H and O–H groups in total. The van der Waals surface area contributed by atoms with E-state index < -0.39 is 0 Å². The van der Waals surface area contributed by atoms with Crippen LogP contribution in [-0.2, 0) is 0 Å². The molecule has 0 spiro atoms. The summed E-state index contributed by atoms with van der Waals surface area (Å²) in [7, 11) is 3.55. The Labute approximate surface area is 106 Å². The Kier molecular flexibility index (Phi) is 5.22. The van der Waals surface area contributed by atoms with Gasteiger partial charge in [0.15, 0.2) is 0 Å². The number of hydrogen-bond acceptors (Lipinski definition) is 3. The standard InChI is InChI=1S/C11H14OS2.C2H6/c1-11(2)10(12)9(13-14-11)8-6-4-3-5-7-8;1-2/h3-7,9-10,12H,1-2H3;1-2H3. The third-order valence-electron chi connectivity index (χ3n) is 2.49. The maximum absolute atomic E-state index is 10.1. The van der Waals surface area contributed by atoms with Gasteiger partial charge in [0.05, 0.1) is 11.4 Å². The highest BCUT2D eigenvalue weighted by molar-refractivity contribution is 8.77. The van der Waals surface area contributed by atoms with Gasteiger partial charge in [0.1, 0.15) is 0 Å². The lowest BCUT2D eigenvalue weighted by Gasteiger charge is -2.22. The fourth-order valence-corrected chi connectivity index (χ4v) is 4.91. The van der Waals surface area contributed by atoms with E-state index in [4.69, 9.17) is 0 Å². The van der Waals surface area contributed by atoms with Crippen LogP contribution in [0.1, 0.15) is 38.5 Å². The molecule has 1 fully saturated rings. The van der Waals surface area contributed by atoms with E-state index in [1.165, 1.54) is 5.56 Å². The van der Waals surface area contributed by atoms with Crippen LogP contribution in [0.3, 0.4) is 0 Å². The molecular formula is C13H20OS2. The predicted octanol–water partition coefficient (Wildman–Crippen LogP) is 4.29. The maximum atomic E-state index is 10.1. The molecule has 3 heteroatoms. The molecule has 0 radical (unpaired) electrons. The van der Waals surface area contributed by atoms with Crippen molar-refractivity contribution >= 4 is 21.6 Å². The first-order valence-electron chi connectivity index (χ1n) is 5.69. The first kappa shape index (κ1) is 13.9. The van der Waals surface area contributed by atoms with Gasteiger partial charge in [-0.15, -0.1) is 0 Å². The summed E-state index contributed by atoms with van der Waals surface area (Å²) in [4.78, 5) is 0. The van der Waals surface area contributed by atoms with Gasteiger partial charge in [-0.2, -0.15) is 0 Å². The topological polar surface area (TPSA) is 20.2 Å². The van der Waals surface area contributed by atoms with E-state index in [1.54, 1.807) is 21.6 Å². The largest absolute Gasteiger partial charge is 0.390 e. The first-order valence-corrected chi connectivity index (χ1v) is 7.90. The highest BCUT2D eigenvalue weighted by atomic mass is 33.1. The second kappa shape index (κ2) is 5.99. The fourth-order valence-electron chi connectivity index (χ4n) is 1.52. The highest BCUT2D eigenvalue weighted by Gasteiger charge is 2.43. The number of rotatable bonds is 1. The number of aliphatic hydroxyl groups excluding tert-OH is 1. The van der Waals surface area contributed by atoms with Gasteiger partial charge in [0.25, 0.3) is 0 Å². The summed E-state index contributed by atoms with van der Waals surface area (Å²) in [6, 6.07) is 10.2. The molecule has 16 heavy (non-hydrogen) atoms. The van der Waals surface area contributed by atoms with E-state index >= 15 is 0 Å². The minimum Gasteiger partial charge on any atom is -0.390 e. The van der Waals surface area contributed by atoms with Crippen molar-refractivity contribution in [2.45, 2.75) is 43.8 Å². The van der Waals surface area contributed by atoms with Gasteiger partial charge in [-0.1, -0.05) is 65.8 Å². The molecule has 1 nitrogen and oxygen atoms in total. The lowest BCUT2D eigenvalue weighted by molar-refractivity contribution is 0.143. The predicted molar refractivity (Wildman–Crippen MR) is 75.8 cm³/mol. The van der Waals surface area contributed by atoms with Crippen LogP contribution < -0.4 is 0 Å². The molecule has 2 atom stereocenters. The van der Waals surface area contributed by atoms with E-state index in [0.29, 0.717) is 0 Å². The molecular weight excluding hydrogens is 236 g/mol. The summed E-state index contributed by atoms with van der Waals surface area (Å²) in [5.41, 5.74) is 1.23. The minimum atomic E-state index is -0.264. The van der Waals surface area contributed by atoms with Crippen molar-refractivity contribution in [2.75, 3.05) is 0 Å². The molecule has 1 aromatic rings. The van der Waals surface area contributed by atoms with E-state index in [9.17, 15) is 5.11 Å². The molecule has 1 aliphatic heterocycles. The molecule has 0 aromatic heterocycles. The van der Waals surface area contributed by atoms with E-state index in [2.05, 4.69) is 26.0 Å². The molecule has 0 saturated carbocycles. The van der Waals surface area contributed by atoms with Gasteiger partial charge in [-0.25, -0.2) is 0 Å². The first-order chi connectivity index (χ1) is 7.61. The van der Waals surface area contributed by atoms with Crippen LogP contribution in [0.25, 0.3) is 0 Å². The summed E-state index contributed by atoms with van der Waals surface area (Å²) >= 11 is 0. The average Bonchev–Trinajstić information content (AvgIpc) is 2.58. The third-order valence-corrected chi connectivity index (χ3v) is 6.20. The van der Waals surface area contributed by atoms with Crippen molar-refractivity contribution in [1.29, 1.82) is 0 Å². The van der Waals surface area contributed by atoms with E-state index in [0.717, 1.165) is 0 Å². The Morgan fingerprint density at radius 1 is 1.12 bits per heavy atom. The number of benzene rings is 1. The van der Waals surface area contributed by atoms with Gasteiger partial charge >= 0.3 is 0 Å². The second-order valence-corrected chi connectivity index (χ2v) is 7.06. The maximum Gasteiger partial charge on any atom is 0.0857 e. The van der Waals surface area contributed by atoms with Gasteiger partial charge in [0, 0.05) is 4.75 Å². The molecule has 0 aliphatic carbocycles. The Bertz CT molecular complexity index is 311. The molecule has 0 bridgehead atoms. The van der Waals surface area contributed by atoms with Crippen molar-refractivity contribution in [3.8, 4) is 0 Å². The van der Waals surface area contributed by atoms with E-state index in [-0.39, 0.29) is 16.1 Å². The summed E-state index contributed by atoms with van der Waals surface area (Å²) < 4.78 is -0.0365. The molecule has 0 amide bonds. The molecule has 1 aliphatic rings. The zero-order valence-electron chi connectivity index (χ0n) is 10.3. The van der Waals surface area contributed by atoms with Crippen LogP contribution in [0.5, 0.6) is 0 Å². The van der Waals surface area contributed by atoms with Crippen molar-refractivity contribution in [3.63, 3.8) is 0 Å². The van der Waals surface area contributed by atoms with Crippen LogP contribution in [0, 0.1) is 0 Å². The van der Waals surface area contributed by atoms with Crippen molar-refractivity contribution in [1.82, 2.24) is 0 Å². The van der Waals surface area contributed by atoms with Crippen LogP contribution >= 0.6 is 21.6 Å². The summed E-state index contributed by atoms with van der Waals surface area (Å²) in [5, 5.41) is 10.3. The van der Waals surface area contributed by atoms with E-state index in [1.807, 2.05) is 32.0 Å². The van der Waals surface area contributed by atoms with Crippen LogP contribution in [0.4, 0.5) is 0 Å². The van der Waals surface area contributed by atoms with Gasteiger partial charge in [-0.05, 0) is 19.4 Å². The normalized spacial score (nSPS) is 27.1. The minimum absolute atomic E-state index is 0.0365. The zero-order valence-corrected chi connectivity index (χ0v) is 11.9. The summed E-state index contributed by atoms with van der Waals surface area (Å²) in [5.74, 6) is 0. The zero-order chi connectivity index (χ0) is 12.2. The lowest BCUT2D eigenvalue weighted by atomic mass is 9.98. The molecule has 1 heterocycles. The van der Waals surface area contributed by atoms with Gasteiger partial charge in [-0.3, -0.25) is 0 Å². The van der Waals surface area contributed by atoms with Crippen LogP contribution in [0.15, 0.2) is 30.3 Å². The highest BCUT2D eigenvalue weighted by Crippen LogP contribution is 2.57. The van der Waals surface area contributed by atoms with Crippen LogP contribution in [-0.4, -0.2) is 16.0 Å². The Morgan fingerprint density at radius 2 is 1.69 bits per heavy atom. The monoisotopic (exact) mass is 256 g/mol. The second-order valence-electron chi connectivity index (χ2n) is 4.06. The third kappa shape index (κ3) is 2.96. The number of aliphatic hydroxyl groups is 1. The summed E-state index contributed by atoms with van der Waals surface area (Å²) in [6.45, 7) is 8.19. The smallest absolute Gasteiger partial charge is 0.0857 e. The molecule has 1 saturated heterocycles. The summed E-state index contributed by atoms with van der Waals surface area (Å²) in [6.07, 6.45) is -0.264. The number of hydrogen-bond donors (Lipinski definition) is 1. The molecule has 1 aromatic carbocycles.